The third-order valence-electron chi connectivity index (χ3n) is 24.7. The Morgan fingerprint density at radius 2 is 0.757 bits per heavy atom. The lowest BCUT2D eigenvalue weighted by Crippen LogP contribution is -2.49. The van der Waals surface area contributed by atoms with Crippen LogP contribution in [0, 0.1) is 81.4 Å². The van der Waals surface area contributed by atoms with E-state index in [1.807, 2.05) is 72.8 Å². The number of hydrogen-bond acceptors (Lipinski definition) is 20. The zero-order chi connectivity index (χ0) is 103. The molecule has 4 amide bonds. The second-order valence-corrected chi connectivity index (χ2v) is 35.4. The first-order chi connectivity index (χ1) is 68.6. The molecule has 1 aliphatic carbocycles. The number of hydrogen-bond donors (Lipinski definition) is 7. The van der Waals surface area contributed by atoms with Crippen LogP contribution in [0.5, 0.6) is 5.88 Å². The highest BCUT2D eigenvalue weighted by molar-refractivity contribution is 5.80. The summed E-state index contributed by atoms with van der Waals surface area (Å²) < 4.78 is 280. The van der Waals surface area contributed by atoms with Crippen molar-refractivity contribution in [2.45, 2.75) is 183 Å². The first-order valence-electron chi connectivity index (χ1n) is 45.4. The zero-order valence-corrected chi connectivity index (χ0v) is 76.3. The predicted molar refractivity (Wildman–Crippen MR) is 484 cm³/mol. The summed E-state index contributed by atoms with van der Waals surface area (Å²) in [5.41, 5.74) is 30.3. The van der Waals surface area contributed by atoms with Crippen molar-refractivity contribution in [1.29, 1.82) is 0 Å². The van der Waals surface area contributed by atoms with Crippen LogP contribution in [-0.4, -0.2) is 153 Å². The Balaban J connectivity index is 0.000000152. The van der Waals surface area contributed by atoms with Gasteiger partial charge in [-0.3, -0.25) is 19.2 Å². The van der Waals surface area contributed by atoms with Gasteiger partial charge in [-0.2, -0.15) is 36.3 Å². The van der Waals surface area contributed by atoms with Gasteiger partial charge in [0.25, 0.3) is 0 Å². The van der Waals surface area contributed by atoms with E-state index in [2.05, 4.69) is 51.0 Å². The van der Waals surface area contributed by atoms with Gasteiger partial charge in [0.05, 0.1) is 42.1 Å². The van der Waals surface area contributed by atoms with E-state index in [1.165, 1.54) is 45.2 Å². The number of carbonyl (C=O) groups excluding carboxylic acids is 4. The minimum atomic E-state index is -4.74. The lowest BCUT2D eigenvalue weighted by Gasteiger charge is -2.38. The highest BCUT2D eigenvalue weighted by Gasteiger charge is 2.41. The van der Waals surface area contributed by atoms with Crippen molar-refractivity contribution in [3.05, 3.63) is 348 Å². The number of ether oxygens (including phenoxy) is 1. The smallest absolute Gasteiger partial charge is 0.451 e. The van der Waals surface area contributed by atoms with Crippen LogP contribution in [0.25, 0.3) is 0 Å². The maximum atomic E-state index is 14.0. The lowest BCUT2D eigenvalue weighted by atomic mass is 9.92. The normalized spacial score (nSPS) is 16.7. The fourth-order valence-corrected chi connectivity index (χ4v) is 17.3. The minimum absolute atomic E-state index is 0.00674. The number of halogens is 20. The van der Waals surface area contributed by atoms with Gasteiger partial charge in [0.1, 0.15) is 41.5 Å². The van der Waals surface area contributed by atoms with Crippen LogP contribution in [-0.2, 0) is 109 Å². The first-order valence-corrected chi connectivity index (χ1v) is 45.4. The van der Waals surface area contributed by atoms with Crippen molar-refractivity contribution < 1.29 is 116 Å². The van der Waals surface area contributed by atoms with Crippen LogP contribution in [0.2, 0.25) is 0 Å². The molecule has 24 nitrogen and oxygen atoms in total. The van der Waals surface area contributed by atoms with E-state index in [0.717, 1.165) is 88.6 Å². The van der Waals surface area contributed by atoms with Gasteiger partial charge in [0.2, 0.25) is 41.3 Å². The summed E-state index contributed by atoms with van der Waals surface area (Å²) in [7, 11) is 0. The van der Waals surface area contributed by atoms with Crippen molar-refractivity contribution in [2.24, 2.45) is 22.9 Å². The molecule has 0 saturated heterocycles. The number of anilines is 3. The summed E-state index contributed by atoms with van der Waals surface area (Å²) in [6, 6.07) is 30.3. The van der Waals surface area contributed by atoms with E-state index in [4.69, 9.17) is 32.2 Å². The summed E-state index contributed by atoms with van der Waals surface area (Å²) >= 11 is 0. The number of nitrogens with zero attached hydrogens (tertiary/aromatic N) is 11. The van der Waals surface area contributed by atoms with E-state index < -0.39 is 153 Å². The molecule has 760 valence electrons. The van der Waals surface area contributed by atoms with Gasteiger partial charge in [0.15, 0.2) is 58.2 Å². The second kappa shape index (κ2) is 46.8. The van der Waals surface area contributed by atoms with E-state index in [0.29, 0.717) is 98.5 Å². The Kier molecular flexibility index (Phi) is 34.3. The van der Waals surface area contributed by atoms with Gasteiger partial charge in [-0.05, 0) is 180 Å². The predicted octanol–water partition coefficient (Wildman–Crippen LogP) is 16.2. The molecular formula is C100H94F20N18O6. The van der Waals surface area contributed by atoms with Gasteiger partial charge >= 0.3 is 18.4 Å². The number of pyridine rings is 1. The molecule has 44 heteroatoms. The Morgan fingerprint density at radius 1 is 0.382 bits per heavy atom. The zero-order valence-electron chi connectivity index (χ0n) is 76.3. The molecular weight excluding hydrogens is 1930 g/mol. The van der Waals surface area contributed by atoms with Crippen LogP contribution in [0.15, 0.2) is 187 Å². The van der Waals surface area contributed by atoms with E-state index in [1.54, 1.807) is 11.0 Å². The van der Waals surface area contributed by atoms with Crippen LogP contribution in [0.3, 0.4) is 0 Å². The van der Waals surface area contributed by atoms with Gasteiger partial charge < -0.3 is 67.7 Å². The van der Waals surface area contributed by atoms with Crippen LogP contribution >= 0.6 is 0 Å². The second-order valence-electron chi connectivity index (χ2n) is 35.4. The topological polar surface area (TPSA) is 334 Å². The number of carbonyl (C=O) groups is 4. The molecule has 8 aromatic carbocycles. The number of nitrogens with one attached hydrogen (secondary N) is 3. The first kappa shape index (κ1) is 106. The number of amides is 4. The van der Waals surface area contributed by atoms with E-state index in [-0.39, 0.29) is 154 Å². The van der Waals surface area contributed by atoms with Gasteiger partial charge in [0, 0.05) is 144 Å². The number of aromatic nitrogens is 7. The molecule has 12 aromatic rings. The molecule has 5 aliphatic rings. The molecule has 8 atom stereocenters. The molecule has 1 fully saturated rings. The monoisotopic (exact) mass is 2020 g/mol. The summed E-state index contributed by atoms with van der Waals surface area (Å²) in [5, 5.41) is 12.9. The standard InChI is InChI=1S/C26H24F6N4O.C25H22F6N4O2.C25H26F3N5O2.C24H22F5N5O/c27-21-12-23(29)22(28)10-17(21)8-18(33)11-24(37)36-14-16-5-2-1-4-15(16)9-19(36)13-35-25-20(26(30,31)32)6-3-7-34-25;26-19-11-21(28)20(27)9-16(19)7-17(32)10-23(36)35-12-15-4-2-1-3-14(15)8-18(35)13-37-22-5-6-33-24(34-22)25(29,30)31;26-20-11-22(28)21(27)9-17(20)7-18(29)10-23(34)33-13-16-4-2-1-3-15(16)8-19(33)12-30-25-31-24(32-35-25)14-5-6-14;25-16-2-1-13-5-19(11-33-24-31-9-17(26)10-32-24)34(12-15(13)3-16)23(35)7-18(30)4-14-6-21(28)22(29)8-20(14)27/h1-7,10,12,18-19H,8-9,11,13-14,33H2,(H,34,35);1-6,9,11,17-18H,7-8,10,12-13,32H2;1-4,9,11,14,18-19H,5-8,10,12-13,29H2,(H,30,31,32);1-3,6,8-10,18-19H,4-5,7,11-12,30H2,(H,31,32,33)/t18-,19+;17-,18+;2*18-,19+/m1111/s1. The third kappa shape index (κ3) is 28.0. The van der Waals surface area contributed by atoms with Crippen molar-refractivity contribution in [1.82, 2.24) is 54.7 Å². The molecule has 1 saturated carbocycles. The number of fused-ring (bicyclic) bond motifs is 4. The van der Waals surface area contributed by atoms with Crippen molar-refractivity contribution in [3.63, 3.8) is 0 Å². The number of nitrogens with two attached hydrogens (primary N) is 4. The Bertz CT molecular complexity index is 6570. The lowest BCUT2D eigenvalue weighted by molar-refractivity contribution is -0.145. The summed E-state index contributed by atoms with van der Waals surface area (Å²) in [5.74, 6) is -16.9. The largest absolute Gasteiger partial charge is 0.475 e. The fourth-order valence-electron chi connectivity index (χ4n) is 17.3. The Morgan fingerprint density at radius 3 is 1.17 bits per heavy atom. The minimum Gasteiger partial charge on any atom is -0.475 e. The molecule has 4 aromatic heterocycles. The third-order valence-corrected chi connectivity index (χ3v) is 24.7. The summed E-state index contributed by atoms with van der Waals surface area (Å²) in [4.78, 5) is 81.7. The SMILES string of the molecule is N[C@@H](CC(=O)N1Cc2cc(F)ccc2C[C@H]1CNc1ncc(F)cn1)Cc1cc(F)c(F)cc1F.N[C@@H](CC(=O)N1Cc2ccccc2C[C@H]1CNc1nc(C2CC2)no1)Cc1cc(F)c(F)cc1F.N[C@@H](CC(=O)N1Cc2ccccc2C[C@H]1CNc1ncccc1C(F)(F)F)Cc1cc(F)c(F)cc1F.N[C@@H](CC(=O)N1Cc2ccccc2C[C@H]1COc1ccnc(C(F)(F)F)n1)Cc1cc(F)c(F)cc1F. The number of rotatable bonds is 29. The highest BCUT2D eigenvalue weighted by Crippen LogP contribution is 2.40. The van der Waals surface area contributed by atoms with Gasteiger partial charge in [-0.25, -0.2) is 81.4 Å². The molecule has 0 unspecified atom stereocenters. The van der Waals surface area contributed by atoms with Crippen LogP contribution < -0.4 is 43.6 Å². The number of benzene rings is 8. The Hall–Kier alpha value is -14.3. The average Bonchev–Trinajstić information content (AvgIpc) is 1.16. The average molecular weight is 2020 g/mol. The van der Waals surface area contributed by atoms with Crippen molar-refractivity contribution in [3.8, 4) is 5.88 Å². The van der Waals surface area contributed by atoms with Gasteiger partial charge in [-0.15, -0.1) is 0 Å². The quantitative estimate of drug-likeness (QED) is 0.0169. The molecule has 144 heavy (non-hydrogen) atoms. The molecule has 0 spiro atoms. The van der Waals surface area contributed by atoms with Crippen molar-refractivity contribution in [2.75, 3.05) is 42.2 Å². The Labute approximate surface area is 810 Å². The molecule has 0 bridgehead atoms. The molecule has 17 rings (SSSR count). The maximum absolute atomic E-state index is 14.0. The molecule has 11 N–H and O–H groups in total. The van der Waals surface area contributed by atoms with Gasteiger partial charge in [-0.1, -0.05) is 84.0 Å². The fraction of sp³-hybridized carbons (Fsp3) is 0.330. The molecule has 4 aliphatic heterocycles. The summed E-state index contributed by atoms with van der Waals surface area (Å²) in [6.45, 7) is 1.41. The molecule has 8 heterocycles. The molecule has 0 radical (unpaired) electrons. The van der Waals surface area contributed by atoms with Crippen LogP contribution in [0.1, 0.15) is 128 Å². The summed E-state index contributed by atoms with van der Waals surface area (Å²) in [6.07, 6.45) is -2.65. The number of alkyl halides is 6. The maximum Gasteiger partial charge on any atom is 0.451 e. The highest BCUT2D eigenvalue weighted by atomic mass is 19.4. The van der Waals surface area contributed by atoms with E-state index >= 15 is 0 Å². The van der Waals surface area contributed by atoms with Crippen molar-refractivity contribution >= 4 is 41.4 Å². The van der Waals surface area contributed by atoms with E-state index in [9.17, 15) is 107 Å². The van der Waals surface area contributed by atoms with Crippen LogP contribution in [0.4, 0.5) is 106 Å².